The fourth-order valence-electron chi connectivity index (χ4n) is 8.22. The van der Waals surface area contributed by atoms with Crippen molar-refractivity contribution in [2.24, 2.45) is 0 Å². The number of esters is 1. The van der Waals surface area contributed by atoms with E-state index in [1.807, 2.05) is 51.1 Å². The van der Waals surface area contributed by atoms with E-state index in [2.05, 4.69) is 32.0 Å². The lowest BCUT2D eigenvalue weighted by atomic mass is 9.91. The average molecular weight is 980 g/mol. The van der Waals surface area contributed by atoms with Crippen molar-refractivity contribution in [3.8, 4) is 17.2 Å². The molecule has 1 saturated heterocycles. The van der Waals surface area contributed by atoms with Crippen molar-refractivity contribution in [2.75, 3.05) is 120 Å². The second-order valence-electron chi connectivity index (χ2n) is 17.3. The minimum Gasteiger partial charge on any atom is -0.493 e. The van der Waals surface area contributed by atoms with Crippen LogP contribution in [0.15, 0.2) is 54.6 Å². The first-order chi connectivity index (χ1) is 34.1. The molecule has 0 saturated carbocycles. The number of likely N-dealkylation sites (tertiary alicyclic amines) is 1. The molecule has 15 nitrogen and oxygen atoms in total. The van der Waals surface area contributed by atoms with Crippen LogP contribution in [0.1, 0.15) is 104 Å². The number of amides is 1. The van der Waals surface area contributed by atoms with Crippen LogP contribution in [0.2, 0.25) is 0 Å². The lowest BCUT2D eigenvalue weighted by Crippen LogP contribution is -2.50. The van der Waals surface area contributed by atoms with E-state index in [0.717, 1.165) is 35.1 Å². The van der Waals surface area contributed by atoms with E-state index in [9.17, 15) is 14.4 Å². The Kier molecular flexibility index (Phi) is 28.1. The summed E-state index contributed by atoms with van der Waals surface area (Å²) in [5.74, 6) is 0.633. The van der Waals surface area contributed by atoms with Gasteiger partial charge in [0.2, 0.25) is 5.91 Å². The van der Waals surface area contributed by atoms with Crippen molar-refractivity contribution >= 4 is 17.7 Å². The molecule has 390 valence electrons. The first-order valence-electron chi connectivity index (χ1n) is 25.2. The number of piperidine rings is 1. The second-order valence-corrected chi connectivity index (χ2v) is 17.3. The van der Waals surface area contributed by atoms with Gasteiger partial charge in [0.25, 0.3) is 0 Å². The van der Waals surface area contributed by atoms with Crippen molar-refractivity contribution < 1.29 is 66.5 Å². The number of rotatable bonds is 37. The van der Waals surface area contributed by atoms with Gasteiger partial charge in [-0.15, -0.1) is 0 Å². The van der Waals surface area contributed by atoms with Crippen LogP contribution in [-0.4, -0.2) is 148 Å². The van der Waals surface area contributed by atoms with Crippen LogP contribution in [-0.2, 0) is 58.7 Å². The highest BCUT2D eigenvalue weighted by Gasteiger charge is 2.38. The number of aryl methyl sites for hydroxylation is 4. The number of methoxy groups -OCH3 is 2. The van der Waals surface area contributed by atoms with E-state index >= 15 is 0 Å². The minimum absolute atomic E-state index is 0.0500. The third-order valence-electron chi connectivity index (χ3n) is 12.2. The van der Waals surface area contributed by atoms with Gasteiger partial charge in [-0.2, -0.15) is 0 Å². The summed E-state index contributed by atoms with van der Waals surface area (Å²) in [4.78, 5) is 43.3. The Labute approximate surface area is 417 Å². The molecular formula is C55H81NO14. The molecule has 1 unspecified atom stereocenters. The molecule has 1 aliphatic rings. The van der Waals surface area contributed by atoms with Crippen LogP contribution in [0.25, 0.3) is 0 Å². The highest BCUT2D eigenvalue weighted by atomic mass is 16.6. The predicted octanol–water partition coefficient (Wildman–Crippen LogP) is 8.29. The highest BCUT2D eigenvalue weighted by Crippen LogP contribution is 2.37. The van der Waals surface area contributed by atoms with Crippen molar-refractivity contribution in [1.82, 2.24) is 4.90 Å². The quantitative estimate of drug-likeness (QED) is 0.0402. The smallest absolute Gasteiger partial charge is 0.329 e. The Balaban J connectivity index is 1.21. The van der Waals surface area contributed by atoms with Gasteiger partial charge < -0.3 is 57.0 Å². The van der Waals surface area contributed by atoms with E-state index in [-0.39, 0.29) is 18.3 Å². The largest absolute Gasteiger partial charge is 0.493 e. The van der Waals surface area contributed by atoms with E-state index in [0.29, 0.717) is 155 Å². The summed E-state index contributed by atoms with van der Waals surface area (Å²) in [5.41, 5.74) is 5.98. The van der Waals surface area contributed by atoms with Gasteiger partial charge in [-0.3, -0.25) is 9.59 Å². The lowest BCUT2D eigenvalue weighted by molar-refractivity contribution is -0.162. The molecule has 0 spiro atoms. The topological polar surface area (TPSA) is 156 Å². The number of hydrogen-bond donors (Lipinski definition) is 0. The Morgan fingerprint density at radius 3 is 1.87 bits per heavy atom. The lowest BCUT2D eigenvalue weighted by Gasteiger charge is -2.37. The molecule has 3 aromatic carbocycles. The van der Waals surface area contributed by atoms with E-state index in [1.54, 1.807) is 25.2 Å². The van der Waals surface area contributed by atoms with E-state index in [4.69, 9.17) is 52.1 Å². The molecule has 1 amide bonds. The number of benzene rings is 3. The van der Waals surface area contributed by atoms with Crippen LogP contribution < -0.4 is 14.2 Å². The zero-order valence-electron chi connectivity index (χ0n) is 43.1. The molecule has 3 atom stereocenters. The van der Waals surface area contributed by atoms with Crippen LogP contribution in [0.5, 0.6) is 17.2 Å². The maximum absolute atomic E-state index is 14.4. The van der Waals surface area contributed by atoms with Crippen molar-refractivity contribution in [3.63, 3.8) is 0 Å². The van der Waals surface area contributed by atoms with E-state index < -0.39 is 24.0 Å². The zero-order chi connectivity index (χ0) is 50.4. The van der Waals surface area contributed by atoms with Crippen LogP contribution >= 0.6 is 0 Å². The summed E-state index contributed by atoms with van der Waals surface area (Å²) in [6.07, 6.45) is 4.08. The first-order valence-corrected chi connectivity index (χ1v) is 25.2. The summed E-state index contributed by atoms with van der Waals surface area (Å²) in [6, 6.07) is 16.9. The fraction of sp³-hybridized carbons (Fsp3) is 0.618. The van der Waals surface area contributed by atoms with Crippen LogP contribution in [0.3, 0.4) is 0 Å². The molecule has 70 heavy (non-hydrogen) atoms. The normalized spacial score (nSPS) is 14.6. The molecule has 0 N–H and O–H groups in total. The van der Waals surface area contributed by atoms with Gasteiger partial charge in [0.05, 0.1) is 99.4 Å². The molecule has 0 bridgehead atoms. The number of nitrogens with zero attached hydrogens (tertiary/aromatic N) is 1. The number of carbonyl (C=O) groups excluding carboxylic acids is 3. The molecule has 1 fully saturated rings. The number of ether oxygens (including phenoxy) is 11. The number of carbonyl (C=O) groups is 3. The third kappa shape index (κ3) is 20.6. The van der Waals surface area contributed by atoms with Gasteiger partial charge in [-0.25, -0.2) is 4.79 Å². The monoisotopic (exact) mass is 980 g/mol. The Hall–Kier alpha value is -4.61. The van der Waals surface area contributed by atoms with Crippen molar-refractivity contribution in [1.29, 1.82) is 0 Å². The average Bonchev–Trinajstić information content (AvgIpc) is 3.37. The van der Waals surface area contributed by atoms with Crippen molar-refractivity contribution in [2.45, 2.75) is 104 Å². The van der Waals surface area contributed by atoms with Gasteiger partial charge in [-0.05, 0) is 124 Å². The third-order valence-corrected chi connectivity index (χ3v) is 12.2. The van der Waals surface area contributed by atoms with Crippen LogP contribution in [0, 0.1) is 20.8 Å². The Morgan fingerprint density at radius 1 is 0.657 bits per heavy atom. The van der Waals surface area contributed by atoms with Gasteiger partial charge in [0, 0.05) is 26.2 Å². The van der Waals surface area contributed by atoms with E-state index in [1.165, 1.54) is 11.1 Å². The molecule has 0 aromatic heterocycles. The molecule has 1 heterocycles. The maximum atomic E-state index is 14.4. The summed E-state index contributed by atoms with van der Waals surface area (Å²) in [6.45, 7) is 17.5. The maximum Gasteiger partial charge on any atom is 0.329 e. The molecule has 1 aliphatic heterocycles. The molecule has 0 aliphatic carbocycles. The van der Waals surface area contributed by atoms with Gasteiger partial charge in [0.1, 0.15) is 24.5 Å². The molecular weight excluding hydrogens is 899 g/mol. The number of hydrogen-bond acceptors (Lipinski definition) is 14. The Bertz CT molecular complexity index is 1980. The summed E-state index contributed by atoms with van der Waals surface area (Å²) >= 11 is 0. The minimum atomic E-state index is -0.726. The van der Waals surface area contributed by atoms with Gasteiger partial charge in [0.15, 0.2) is 17.3 Å². The highest BCUT2D eigenvalue weighted by molar-refractivity contribution is 5.89. The van der Waals surface area contributed by atoms with Crippen molar-refractivity contribution in [3.05, 3.63) is 88.0 Å². The summed E-state index contributed by atoms with van der Waals surface area (Å²) in [5, 5.41) is 0. The fourth-order valence-corrected chi connectivity index (χ4v) is 8.22. The molecule has 0 radical (unpaired) electrons. The molecule has 15 heteroatoms. The summed E-state index contributed by atoms with van der Waals surface area (Å²) in [7, 11) is 3.18. The SMILES string of the molecule is CCOCCOCCOCCOCCOCCOCCOCCCC(=O)COc1cccc(C(CCc2ccc(C)c(C)c2)OC(=O)[C@@H]2CCCCN2C(=O)[C@@H](CC)c2cc(C)c(OC)c(OC)c2)c1. The number of Topliss-reactive ketones (excluding diaryl/α,β-unsaturated/α-hetero) is 1. The summed E-state index contributed by atoms with van der Waals surface area (Å²) < 4.78 is 61.9. The van der Waals surface area contributed by atoms with Crippen LogP contribution in [0.4, 0.5) is 0 Å². The zero-order valence-corrected chi connectivity index (χ0v) is 43.1. The Morgan fingerprint density at radius 2 is 1.29 bits per heavy atom. The standard InChI is InChI=1S/C55H81NO14/c1-8-49(46-37-43(5)53(61-7)52(39-46)60-6)54(58)56-22-11-10-17-50(56)55(59)70-51(21-20-44-19-18-41(3)42(4)36-44)45-14-12-16-48(38-45)69-40-47(57)15-13-23-63-26-27-65-30-31-67-34-35-68-33-32-66-29-28-64-25-24-62-9-2/h12,14,16,18-19,36-39,49-51H,8-11,13,15,17,20-35,40H2,1-7H3/t49-,50-,51?/m0/s1. The number of ketones is 1. The predicted molar refractivity (Wildman–Crippen MR) is 267 cm³/mol. The van der Waals surface area contributed by atoms with Gasteiger partial charge >= 0.3 is 5.97 Å². The van der Waals surface area contributed by atoms with Gasteiger partial charge in [-0.1, -0.05) is 43.3 Å². The molecule has 3 aromatic rings. The molecule has 4 rings (SSSR count). The second kappa shape index (κ2) is 33.9. The first kappa shape index (κ1) is 58.0.